The van der Waals surface area contributed by atoms with Crippen molar-refractivity contribution in [3.63, 3.8) is 0 Å². The van der Waals surface area contributed by atoms with E-state index in [1.807, 2.05) is 31.2 Å². The van der Waals surface area contributed by atoms with E-state index in [1.165, 1.54) is 6.08 Å². The molecule has 0 heterocycles. The van der Waals surface area contributed by atoms with Gasteiger partial charge in [0.2, 0.25) is 0 Å². The smallest absolute Gasteiger partial charge is 0.330 e. The largest absolute Gasteiger partial charge is 0.497 e. The third-order valence-corrected chi connectivity index (χ3v) is 1.95. The summed E-state index contributed by atoms with van der Waals surface area (Å²) in [5, 5.41) is 0. The number of benzene rings is 1. The van der Waals surface area contributed by atoms with E-state index < -0.39 is 0 Å². The molecule has 0 spiro atoms. The van der Waals surface area contributed by atoms with E-state index in [2.05, 4.69) is 0 Å². The zero-order valence-corrected chi connectivity index (χ0v) is 9.60. The Morgan fingerprint density at radius 1 is 1.44 bits per heavy atom. The summed E-state index contributed by atoms with van der Waals surface area (Å²) in [6, 6.07) is 7.47. The zero-order chi connectivity index (χ0) is 11.8. The first-order chi connectivity index (χ1) is 7.76. The molecule has 0 N–H and O–H groups in total. The summed E-state index contributed by atoms with van der Waals surface area (Å²) in [5.41, 5.74) is 0.910. The monoisotopic (exact) mass is 220 g/mol. The molecular formula is C13H16O3. The van der Waals surface area contributed by atoms with Crippen LogP contribution in [0.1, 0.15) is 18.9 Å². The van der Waals surface area contributed by atoms with Gasteiger partial charge in [-0.1, -0.05) is 19.1 Å². The second kappa shape index (κ2) is 6.67. The van der Waals surface area contributed by atoms with Crippen molar-refractivity contribution in [2.24, 2.45) is 0 Å². The van der Waals surface area contributed by atoms with Gasteiger partial charge in [-0.15, -0.1) is 0 Å². The Balaban J connectivity index is 2.58. The number of rotatable bonds is 5. The highest BCUT2D eigenvalue weighted by atomic mass is 16.5. The highest BCUT2D eigenvalue weighted by Gasteiger charge is 1.96. The summed E-state index contributed by atoms with van der Waals surface area (Å²) in [4.78, 5) is 11.2. The van der Waals surface area contributed by atoms with Crippen molar-refractivity contribution in [1.29, 1.82) is 0 Å². The van der Waals surface area contributed by atoms with Gasteiger partial charge in [-0.3, -0.25) is 0 Å². The minimum absolute atomic E-state index is 0.315. The lowest BCUT2D eigenvalue weighted by molar-refractivity contribution is -0.137. The van der Waals surface area contributed by atoms with Crippen molar-refractivity contribution in [2.75, 3.05) is 13.7 Å². The van der Waals surface area contributed by atoms with Gasteiger partial charge in [0, 0.05) is 6.08 Å². The van der Waals surface area contributed by atoms with Gasteiger partial charge in [0.15, 0.2) is 0 Å². The molecule has 0 amide bonds. The van der Waals surface area contributed by atoms with Crippen LogP contribution in [-0.2, 0) is 9.53 Å². The zero-order valence-electron chi connectivity index (χ0n) is 9.60. The first-order valence-corrected chi connectivity index (χ1v) is 5.25. The molecule has 1 rings (SSSR count). The molecule has 0 aliphatic heterocycles. The summed E-state index contributed by atoms with van der Waals surface area (Å²) >= 11 is 0. The maximum Gasteiger partial charge on any atom is 0.330 e. The van der Waals surface area contributed by atoms with Crippen LogP contribution in [0.15, 0.2) is 30.3 Å². The van der Waals surface area contributed by atoms with Crippen LogP contribution in [0.2, 0.25) is 0 Å². The number of methoxy groups -OCH3 is 1. The number of ether oxygens (including phenoxy) is 2. The minimum Gasteiger partial charge on any atom is -0.497 e. The van der Waals surface area contributed by atoms with Crippen molar-refractivity contribution in [3.05, 3.63) is 35.9 Å². The van der Waals surface area contributed by atoms with Crippen LogP contribution in [0.5, 0.6) is 5.75 Å². The maximum atomic E-state index is 11.2. The summed E-state index contributed by atoms with van der Waals surface area (Å²) in [7, 11) is 1.61. The number of hydrogen-bond donors (Lipinski definition) is 0. The van der Waals surface area contributed by atoms with Crippen LogP contribution >= 0.6 is 0 Å². The fraction of sp³-hybridized carbons (Fsp3) is 0.308. The fourth-order valence-electron chi connectivity index (χ4n) is 1.16. The number of carbonyl (C=O) groups excluding carboxylic acids is 1. The molecule has 0 unspecified atom stereocenters. The van der Waals surface area contributed by atoms with Crippen LogP contribution in [-0.4, -0.2) is 19.7 Å². The number of hydrogen-bond acceptors (Lipinski definition) is 3. The minimum atomic E-state index is -0.315. The van der Waals surface area contributed by atoms with Crippen LogP contribution in [0.4, 0.5) is 0 Å². The Bertz CT molecular complexity index is 369. The Kier molecular flexibility index (Phi) is 5.12. The molecule has 0 atom stereocenters. The van der Waals surface area contributed by atoms with Gasteiger partial charge in [0.25, 0.3) is 0 Å². The SMILES string of the molecule is CCCOC(=O)/C=C/c1cccc(OC)c1. The average molecular weight is 220 g/mol. The van der Waals surface area contributed by atoms with Crippen LogP contribution in [0.25, 0.3) is 6.08 Å². The van der Waals surface area contributed by atoms with Crippen molar-refractivity contribution < 1.29 is 14.3 Å². The fourth-order valence-corrected chi connectivity index (χ4v) is 1.16. The maximum absolute atomic E-state index is 11.2. The third kappa shape index (κ3) is 4.17. The molecule has 0 aromatic heterocycles. The predicted octanol–water partition coefficient (Wildman–Crippen LogP) is 2.66. The molecule has 86 valence electrons. The summed E-state index contributed by atoms with van der Waals surface area (Å²) in [6.07, 6.45) is 3.96. The van der Waals surface area contributed by atoms with E-state index in [-0.39, 0.29) is 5.97 Å². The van der Waals surface area contributed by atoms with E-state index in [1.54, 1.807) is 13.2 Å². The van der Waals surface area contributed by atoms with E-state index in [0.29, 0.717) is 6.61 Å². The Morgan fingerprint density at radius 2 is 2.25 bits per heavy atom. The van der Waals surface area contributed by atoms with Gasteiger partial charge >= 0.3 is 5.97 Å². The van der Waals surface area contributed by atoms with Crippen molar-refractivity contribution >= 4 is 12.0 Å². The quantitative estimate of drug-likeness (QED) is 0.565. The molecule has 0 fully saturated rings. The third-order valence-electron chi connectivity index (χ3n) is 1.95. The van der Waals surface area contributed by atoms with Crippen molar-refractivity contribution in [3.8, 4) is 5.75 Å². The molecule has 0 aliphatic rings. The number of esters is 1. The second-order valence-electron chi connectivity index (χ2n) is 3.28. The van der Waals surface area contributed by atoms with Crippen LogP contribution in [0, 0.1) is 0 Å². The Hall–Kier alpha value is -1.77. The van der Waals surface area contributed by atoms with Crippen LogP contribution < -0.4 is 4.74 Å². The average Bonchev–Trinajstić information content (AvgIpc) is 2.34. The van der Waals surface area contributed by atoms with E-state index in [0.717, 1.165) is 17.7 Å². The van der Waals surface area contributed by atoms with E-state index in [4.69, 9.17) is 9.47 Å². The van der Waals surface area contributed by atoms with Gasteiger partial charge < -0.3 is 9.47 Å². The molecule has 16 heavy (non-hydrogen) atoms. The molecular weight excluding hydrogens is 204 g/mol. The Labute approximate surface area is 95.7 Å². The summed E-state index contributed by atoms with van der Waals surface area (Å²) in [6.45, 7) is 2.42. The van der Waals surface area contributed by atoms with Gasteiger partial charge in [0.05, 0.1) is 13.7 Å². The molecule has 0 radical (unpaired) electrons. The molecule has 0 bridgehead atoms. The topological polar surface area (TPSA) is 35.5 Å². The van der Waals surface area contributed by atoms with Gasteiger partial charge in [-0.05, 0) is 30.2 Å². The molecule has 1 aromatic rings. The molecule has 1 aromatic carbocycles. The lowest BCUT2D eigenvalue weighted by Crippen LogP contribution is -2.00. The van der Waals surface area contributed by atoms with Crippen molar-refractivity contribution in [2.45, 2.75) is 13.3 Å². The standard InChI is InChI=1S/C13H16O3/c1-3-9-16-13(14)8-7-11-5-4-6-12(10-11)15-2/h4-8,10H,3,9H2,1-2H3/b8-7+. The Morgan fingerprint density at radius 3 is 2.94 bits per heavy atom. The molecule has 0 aliphatic carbocycles. The first-order valence-electron chi connectivity index (χ1n) is 5.25. The summed E-state index contributed by atoms with van der Waals surface area (Å²) < 4.78 is 9.99. The normalized spacial score (nSPS) is 10.4. The molecule has 3 nitrogen and oxygen atoms in total. The van der Waals surface area contributed by atoms with Crippen LogP contribution in [0.3, 0.4) is 0 Å². The molecule has 3 heteroatoms. The second-order valence-corrected chi connectivity index (χ2v) is 3.28. The number of carbonyl (C=O) groups is 1. The lowest BCUT2D eigenvalue weighted by atomic mass is 10.2. The lowest BCUT2D eigenvalue weighted by Gasteiger charge is -2.00. The molecule has 0 saturated heterocycles. The molecule has 0 saturated carbocycles. The highest BCUT2D eigenvalue weighted by molar-refractivity contribution is 5.87. The van der Waals surface area contributed by atoms with E-state index in [9.17, 15) is 4.79 Å². The highest BCUT2D eigenvalue weighted by Crippen LogP contribution is 2.13. The predicted molar refractivity (Wildman–Crippen MR) is 63.3 cm³/mol. The van der Waals surface area contributed by atoms with Gasteiger partial charge in [-0.25, -0.2) is 4.79 Å². The van der Waals surface area contributed by atoms with E-state index >= 15 is 0 Å². The van der Waals surface area contributed by atoms with Gasteiger partial charge in [0.1, 0.15) is 5.75 Å². The van der Waals surface area contributed by atoms with Crippen molar-refractivity contribution in [1.82, 2.24) is 0 Å². The first kappa shape index (κ1) is 12.3. The van der Waals surface area contributed by atoms with Gasteiger partial charge in [-0.2, -0.15) is 0 Å². The summed E-state index contributed by atoms with van der Waals surface area (Å²) in [5.74, 6) is 0.453.